The van der Waals surface area contributed by atoms with Crippen molar-refractivity contribution in [3.8, 4) is 0 Å². The van der Waals surface area contributed by atoms with Gasteiger partial charge in [-0.1, -0.05) is 95.2 Å². The van der Waals surface area contributed by atoms with E-state index in [1.165, 1.54) is 22.4 Å². The van der Waals surface area contributed by atoms with Gasteiger partial charge >= 0.3 is 0 Å². The molecule has 0 fully saturated rings. The summed E-state index contributed by atoms with van der Waals surface area (Å²) in [5.41, 5.74) is 7.32. The van der Waals surface area contributed by atoms with E-state index in [0.717, 1.165) is 11.4 Å². The van der Waals surface area contributed by atoms with Crippen LogP contribution in [0.15, 0.2) is 55.0 Å². The number of hydrogen-bond donors (Lipinski definition) is 0. The average Bonchev–Trinajstić information content (AvgIpc) is 2.88. The van der Waals surface area contributed by atoms with Gasteiger partial charge in [0.1, 0.15) is 0 Å². The zero-order valence-corrected chi connectivity index (χ0v) is 26.3. The molecular formula is C33H57N3. The van der Waals surface area contributed by atoms with Crippen molar-refractivity contribution in [3.63, 3.8) is 0 Å². The van der Waals surface area contributed by atoms with Crippen molar-refractivity contribution in [3.05, 3.63) is 88.8 Å². The van der Waals surface area contributed by atoms with Gasteiger partial charge in [-0.25, -0.2) is 0 Å². The quantitative estimate of drug-likeness (QED) is 0.362. The van der Waals surface area contributed by atoms with Gasteiger partial charge in [0, 0.05) is 35.7 Å². The summed E-state index contributed by atoms with van der Waals surface area (Å²) in [6.07, 6.45) is 5.67. The monoisotopic (exact) mass is 495 g/mol. The molecular weight excluding hydrogens is 438 g/mol. The Morgan fingerprint density at radius 1 is 0.583 bits per heavy atom. The molecule has 3 aromatic rings. The molecule has 0 radical (unpaired) electrons. The Labute approximate surface area is 225 Å². The van der Waals surface area contributed by atoms with E-state index in [4.69, 9.17) is 0 Å². The molecule has 0 atom stereocenters. The highest BCUT2D eigenvalue weighted by Crippen LogP contribution is 2.14. The van der Waals surface area contributed by atoms with Crippen molar-refractivity contribution < 1.29 is 0 Å². The maximum Gasteiger partial charge on any atom is 0.0432 e. The number of nitrogens with zero attached hydrogens (tertiary/aromatic N) is 3. The van der Waals surface area contributed by atoms with Gasteiger partial charge in [0.25, 0.3) is 0 Å². The standard InChI is InChI=1S/3C9H13N.3C2H6/c1-7(2)9-4-8(3)5-10-6-9;1-7(2)9-4-5-10-8(3)6-9;1-7(2)9-6-4-5-8(3)10-9;3*1-2/h3*4-7H,1-3H3;3*1-2H3. The second-order valence-corrected chi connectivity index (χ2v) is 8.69. The minimum absolute atomic E-state index is 0.542. The molecule has 0 N–H and O–H groups in total. The Hall–Kier alpha value is -2.55. The lowest BCUT2D eigenvalue weighted by Crippen LogP contribution is -1.92. The van der Waals surface area contributed by atoms with Gasteiger partial charge in [0.15, 0.2) is 0 Å². The zero-order chi connectivity index (χ0) is 28.7. The Bertz CT molecular complexity index is 766. The summed E-state index contributed by atoms with van der Waals surface area (Å²) in [5.74, 6) is 1.74. The van der Waals surface area contributed by atoms with E-state index >= 15 is 0 Å². The van der Waals surface area contributed by atoms with Crippen LogP contribution in [0.25, 0.3) is 0 Å². The Morgan fingerprint density at radius 3 is 1.47 bits per heavy atom. The van der Waals surface area contributed by atoms with Crippen molar-refractivity contribution >= 4 is 0 Å². The number of aromatic nitrogens is 3. The molecule has 0 saturated heterocycles. The first kappa shape index (κ1) is 38.0. The van der Waals surface area contributed by atoms with Gasteiger partial charge in [-0.15, -0.1) is 0 Å². The first-order valence-electron chi connectivity index (χ1n) is 13.9. The summed E-state index contributed by atoms with van der Waals surface area (Å²) >= 11 is 0. The van der Waals surface area contributed by atoms with Crippen LogP contribution in [0.4, 0.5) is 0 Å². The van der Waals surface area contributed by atoms with Crippen LogP contribution in [0.3, 0.4) is 0 Å². The molecule has 3 aromatic heterocycles. The smallest absolute Gasteiger partial charge is 0.0432 e. The van der Waals surface area contributed by atoms with Crippen LogP contribution in [0.1, 0.15) is 135 Å². The van der Waals surface area contributed by atoms with E-state index < -0.39 is 0 Å². The number of rotatable bonds is 3. The lowest BCUT2D eigenvalue weighted by atomic mass is 10.0. The summed E-state index contributed by atoms with van der Waals surface area (Å²) in [7, 11) is 0. The first-order chi connectivity index (χ1) is 17.1. The molecule has 204 valence electrons. The molecule has 0 bridgehead atoms. The number of pyridine rings is 3. The van der Waals surface area contributed by atoms with E-state index in [-0.39, 0.29) is 0 Å². The summed E-state index contributed by atoms with van der Waals surface area (Å²) in [4.78, 5) is 12.6. The predicted molar refractivity (Wildman–Crippen MR) is 163 cm³/mol. The maximum absolute atomic E-state index is 4.37. The Kier molecular flexibility index (Phi) is 25.5. The molecule has 0 aromatic carbocycles. The largest absolute Gasteiger partial charge is 0.264 e. The third kappa shape index (κ3) is 18.7. The molecule has 0 aliphatic rings. The highest BCUT2D eigenvalue weighted by Gasteiger charge is 1.99. The summed E-state index contributed by atoms with van der Waals surface area (Å²) in [6, 6.07) is 12.5. The minimum atomic E-state index is 0.542. The fraction of sp³-hybridized carbons (Fsp3) is 0.545. The van der Waals surface area contributed by atoms with Crippen LogP contribution in [0.2, 0.25) is 0 Å². The van der Waals surface area contributed by atoms with Crippen molar-refractivity contribution in [2.75, 3.05) is 0 Å². The second-order valence-electron chi connectivity index (χ2n) is 8.69. The summed E-state index contributed by atoms with van der Waals surface area (Å²) in [5, 5.41) is 0. The zero-order valence-electron chi connectivity index (χ0n) is 26.3. The maximum atomic E-state index is 4.37. The molecule has 0 unspecified atom stereocenters. The molecule has 3 rings (SSSR count). The average molecular weight is 496 g/mol. The fourth-order valence-corrected chi connectivity index (χ4v) is 2.71. The fourth-order valence-electron chi connectivity index (χ4n) is 2.71. The lowest BCUT2D eigenvalue weighted by Gasteiger charge is -2.03. The Morgan fingerprint density at radius 2 is 1.14 bits per heavy atom. The van der Waals surface area contributed by atoms with Gasteiger partial charge in [-0.2, -0.15) is 0 Å². The molecule has 0 amide bonds. The van der Waals surface area contributed by atoms with Crippen LogP contribution >= 0.6 is 0 Å². The van der Waals surface area contributed by atoms with Crippen LogP contribution in [0, 0.1) is 20.8 Å². The topological polar surface area (TPSA) is 38.7 Å². The van der Waals surface area contributed by atoms with Crippen molar-refractivity contribution in [2.24, 2.45) is 0 Å². The molecule has 0 spiro atoms. The highest BCUT2D eigenvalue weighted by molar-refractivity contribution is 5.19. The molecule has 3 nitrogen and oxygen atoms in total. The van der Waals surface area contributed by atoms with Gasteiger partial charge in [-0.3, -0.25) is 15.0 Å². The SMILES string of the molecule is CC.CC.CC.Cc1cc(C(C)C)ccn1.Cc1cccc(C(C)C)n1.Cc1cncc(C(C)C)c1. The molecule has 3 heteroatoms. The predicted octanol–water partition coefficient (Wildman–Crippen LogP) is 10.6. The van der Waals surface area contributed by atoms with E-state index in [2.05, 4.69) is 93.7 Å². The van der Waals surface area contributed by atoms with Crippen molar-refractivity contribution in [1.82, 2.24) is 15.0 Å². The molecule has 0 aliphatic heterocycles. The van der Waals surface area contributed by atoms with Crippen LogP contribution in [-0.2, 0) is 0 Å². The number of aryl methyl sites for hydroxylation is 3. The third-order valence-electron chi connectivity index (χ3n) is 4.65. The lowest BCUT2D eigenvalue weighted by molar-refractivity contribution is 0.815. The van der Waals surface area contributed by atoms with Gasteiger partial charge < -0.3 is 0 Å². The third-order valence-corrected chi connectivity index (χ3v) is 4.65. The van der Waals surface area contributed by atoms with E-state index in [1.807, 2.05) is 80.0 Å². The molecule has 36 heavy (non-hydrogen) atoms. The van der Waals surface area contributed by atoms with Crippen molar-refractivity contribution in [2.45, 2.75) is 122 Å². The second kappa shape index (κ2) is 24.2. The minimum Gasteiger partial charge on any atom is -0.264 e. The van der Waals surface area contributed by atoms with Crippen LogP contribution < -0.4 is 0 Å². The van der Waals surface area contributed by atoms with Crippen molar-refractivity contribution in [1.29, 1.82) is 0 Å². The molecule has 0 aliphatic carbocycles. The molecule has 3 heterocycles. The summed E-state index contributed by atoms with van der Waals surface area (Å²) < 4.78 is 0. The van der Waals surface area contributed by atoms with Crippen LogP contribution in [0.5, 0.6) is 0 Å². The van der Waals surface area contributed by atoms with Gasteiger partial charge in [-0.05, 0) is 79.5 Å². The van der Waals surface area contributed by atoms with Crippen LogP contribution in [-0.4, -0.2) is 15.0 Å². The van der Waals surface area contributed by atoms with E-state index in [1.54, 1.807) is 0 Å². The highest BCUT2D eigenvalue weighted by atomic mass is 14.7. The first-order valence-corrected chi connectivity index (χ1v) is 13.9. The van der Waals surface area contributed by atoms with E-state index in [0.29, 0.717) is 17.8 Å². The van der Waals surface area contributed by atoms with Gasteiger partial charge in [0.2, 0.25) is 0 Å². The summed E-state index contributed by atoms with van der Waals surface area (Å²) in [6.45, 7) is 31.1. The Balaban J connectivity index is -0.000000410. The number of hydrogen-bond acceptors (Lipinski definition) is 3. The molecule has 0 saturated carbocycles. The van der Waals surface area contributed by atoms with E-state index in [9.17, 15) is 0 Å². The normalized spacial score (nSPS) is 9.17. The van der Waals surface area contributed by atoms with Gasteiger partial charge in [0.05, 0.1) is 0 Å².